The Morgan fingerprint density at radius 2 is 1.77 bits per heavy atom. The molecule has 3 rings (SSSR count). The normalized spacial score (nSPS) is 15.2. The van der Waals surface area contributed by atoms with E-state index in [1.807, 2.05) is 0 Å². The quantitative estimate of drug-likeness (QED) is 0.260. The van der Waals surface area contributed by atoms with E-state index in [2.05, 4.69) is 29.4 Å². The third-order valence-corrected chi connectivity index (χ3v) is 6.79. The van der Waals surface area contributed by atoms with Gasteiger partial charge in [-0.05, 0) is 73.1 Å². The van der Waals surface area contributed by atoms with Crippen LogP contribution in [0.25, 0.3) is 0 Å². The van der Waals surface area contributed by atoms with Crippen LogP contribution in [0.3, 0.4) is 0 Å². The summed E-state index contributed by atoms with van der Waals surface area (Å²) in [5.74, 6) is -1.78. The molecule has 0 aliphatic carbocycles. The van der Waals surface area contributed by atoms with Gasteiger partial charge in [-0.3, -0.25) is 4.79 Å². The highest BCUT2D eigenvalue weighted by atomic mass is 35.5. The summed E-state index contributed by atoms with van der Waals surface area (Å²) in [5.41, 5.74) is 2.04. The summed E-state index contributed by atoms with van der Waals surface area (Å²) in [6, 6.07) is 11.2. The highest BCUT2D eigenvalue weighted by molar-refractivity contribution is 6.30. The van der Waals surface area contributed by atoms with E-state index in [9.17, 15) is 27.9 Å². The molecule has 2 aromatic rings. The lowest BCUT2D eigenvalue weighted by Gasteiger charge is -2.38. The third kappa shape index (κ3) is 9.93. The van der Waals surface area contributed by atoms with Crippen molar-refractivity contribution >= 4 is 40.7 Å². The number of carbonyl (C=O) groups is 2. The van der Waals surface area contributed by atoms with Crippen LogP contribution >= 0.6 is 11.6 Å². The number of hydrogen-bond donors (Lipinski definition) is 3. The lowest BCUT2D eigenvalue weighted by molar-refractivity contribution is -0.142. The van der Waals surface area contributed by atoms with Gasteiger partial charge in [0.05, 0.1) is 17.8 Å². The average Bonchev–Trinajstić information content (AvgIpc) is 2.86. The number of rotatable bonds is 11. The van der Waals surface area contributed by atoms with Crippen molar-refractivity contribution in [1.29, 1.82) is 0 Å². The summed E-state index contributed by atoms with van der Waals surface area (Å²) in [6.07, 6.45) is -4.76. The van der Waals surface area contributed by atoms with Gasteiger partial charge in [0.2, 0.25) is 0 Å². The van der Waals surface area contributed by atoms with E-state index in [1.54, 1.807) is 42.5 Å². The van der Waals surface area contributed by atoms with Crippen LogP contribution in [0.4, 0.5) is 35.0 Å². The van der Waals surface area contributed by atoms with E-state index in [0.29, 0.717) is 41.7 Å². The molecule has 214 valence electrons. The summed E-state index contributed by atoms with van der Waals surface area (Å²) < 4.78 is 44.6. The van der Waals surface area contributed by atoms with E-state index in [0.717, 1.165) is 18.5 Å². The number of benzene rings is 2. The van der Waals surface area contributed by atoms with Gasteiger partial charge in [-0.15, -0.1) is 0 Å². The van der Waals surface area contributed by atoms with Gasteiger partial charge in [0.15, 0.2) is 0 Å². The van der Waals surface area contributed by atoms with Gasteiger partial charge in [-0.2, -0.15) is 13.2 Å². The molecular weight excluding hydrogens is 535 g/mol. The fourth-order valence-electron chi connectivity index (χ4n) is 4.75. The summed E-state index contributed by atoms with van der Waals surface area (Å²) in [7, 11) is 0. The second-order valence-electron chi connectivity index (χ2n) is 10.2. The number of anilines is 3. The van der Waals surface area contributed by atoms with E-state index >= 15 is 0 Å². The van der Waals surface area contributed by atoms with Crippen LogP contribution < -0.4 is 15.5 Å². The first-order chi connectivity index (χ1) is 18.4. The predicted octanol–water partition coefficient (Wildman–Crippen LogP) is 7.53. The zero-order valence-electron chi connectivity index (χ0n) is 22.1. The van der Waals surface area contributed by atoms with Crippen LogP contribution in [0.15, 0.2) is 42.5 Å². The predicted molar refractivity (Wildman–Crippen MR) is 147 cm³/mol. The Kier molecular flexibility index (Phi) is 10.9. The number of amides is 2. The molecule has 39 heavy (non-hydrogen) atoms. The SMILES string of the molecule is CC(C)CN(c1ccc(C(CCC(F)(F)F)CC(=O)O)cc1NC(=O)Nc1ccc(Cl)cc1)C1CCOCC1. The number of carboxylic acids is 1. The van der Waals surface area contributed by atoms with Crippen LogP contribution in [-0.2, 0) is 9.53 Å². The molecule has 3 N–H and O–H groups in total. The Morgan fingerprint density at radius 3 is 2.36 bits per heavy atom. The van der Waals surface area contributed by atoms with Crippen molar-refractivity contribution < 1.29 is 32.6 Å². The zero-order valence-corrected chi connectivity index (χ0v) is 22.8. The lowest BCUT2D eigenvalue weighted by Crippen LogP contribution is -2.42. The number of carboxylic acid groups (broad SMARTS) is 1. The number of nitrogens with zero attached hydrogens (tertiary/aromatic N) is 1. The molecule has 2 aromatic carbocycles. The summed E-state index contributed by atoms with van der Waals surface area (Å²) >= 11 is 5.93. The van der Waals surface area contributed by atoms with Crippen LogP contribution in [0.5, 0.6) is 0 Å². The first-order valence-electron chi connectivity index (χ1n) is 13.0. The van der Waals surface area contributed by atoms with Crippen molar-refractivity contribution in [2.75, 3.05) is 35.3 Å². The Morgan fingerprint density at radius 1 is 1.10 bits per heavy atom. The standard InChI is InChI=1S/C28H35ClF3N3O4/c1-18(2)17-35(23-10-13-39-14-11-23)25-8-3-19(20(16-26(36)37)9-12-28(30,31)32)15-24(25)34-27(38)33-22-6-4-21(29)5-7-22/h3-8,15,18,20,23H,9-14,16-17H2,1-2H3,(H,36,37)(H2,33,34,38). The van der Waals surface area contributed by atoms with Gasteiger partial charge in [0.25, 0.3) is 0 Å². The number of halogens is 4. The Balaban J connectivity index is 1.99. The largest absolute Gasteiger partial charge is 0.481 e. The molecule has 1 atom stereocenters. The van der Waals surface area contributed by atoms with Crippen molar-refractivity contribution in [3.63, 3.8) is 0 Å². The van der Waals surface area contributed by atoms with E-state index in [1.165, 1.54) is 0 Å². The number of nitrogens with one attached hydrogen (secondary N) is 2. The molecule has 1 fully saturated rings. The number of alkyl halides is 3. The van der Waals surface area contributed by atoms with Crippen molar-refractivity contribution in [2.24, 2.45) is 5.92 Å². The monoisotopic (exact) mass is 569 g/mol. The van der Waals surface area contributed by atoms with Crippen molar-refractivity contribution in [3.05, 3.63) is 53.1 Å². The Labute approximate surface area is 231 Å². The molecular formula is C28H35ClF3N3O4. The van der Waals surface area contributed by atoms with E-state index in [-0.39, 0.29) is 18.4 Å². The molecule has 1 unspecified atom stereocenters. The molecule has 1 aliphatic rings. The van der Waals surface area contributed by atoms with Crippen molar-refractivity contribution in [2.45, 2.75) is 64.1 Å². The molecule has 0 saturated carbocycles. The minimum Gasteiger partial charge on any atom is -0.481 e. The fraction of sp³-hybridized carbons (Fsp3) is 0.500. The average molecular weight is 570 g/mol. The molecule has 11 heteroatoms. The number of aliphatic carboxylic acids is 1. The smallest absolute Gasteiger partial charge is 0.389 e. The number of hydrogen-bond acceptors (Lipinski definition) is 4. The second kappa shape index (κ2) is 13.9. The molecule has 0 aromatic heterocycles. The Hall–Kier alpha value is -2.98. The summed E-state index contributed by atoms with van der Waals surface area (Å²) in [4.78, 5) is 26.7. The highest BCUT2D eigenvalue weighted by Gasteiger charge is 2.31. The topological polar surface area (TPSA) is 90.9 Å². The molecule has 7 nitrogen and oxygen atoms in total. The molecule has 0 bridgehead atoms. The molecule has 2 amide bonds. The van der Waals surface area contributed by atoms with Gasteiger partial charge in [-0.25, -0.2) is 4.79 Å². The zero-order chi connectivity index (χ0) is 28.6. The van der Waals surface area contributed by atoms with Gasteiger partial charge < -0.3 is 25.4 Å². The maximum Gasteiger partial charge on any atom is 0.389 e. The third-order valence-electron chi connectivity index (χ3n) is 6.54. The molecule has 0 spiro atoms. The van der Waals surface area contributed by atoms with Crippen molar-refractivity contribution in [3.8, 4) is 0 Å². The van der Waals surface area contributed by atoms with Gasteiger partial charge in [0, 0.05) is 42.9 Å². The highest BCUT2D eigenvalue weighted by Crippen LogP contribution is 2.37. The van der Waals surface area contributed by atoms with Crippen LogP contribution in [0, 0.1) is 5.92 Å². The number of carbonyl (C=O) groups excluding carboxylic acids is 1. The fourth-order valence-corrected chi connectivity index (χ4v) is 4.87. The van der Waals surface area contributed by atoms with Crippen LogP contribution in [-0.4, -0.2) is 49.1 Å². The molecule has 1 saturated heterocycles. The lowest BCUT2D eigenvalue weighted by atomic mass is 9.90. The van der Waals surface area contributed by atoms with Crippen LogP contribution in [0.2, 0.25) is 5.02 Å². The second-order valence-corrected chi connectivity index (χ2v) is 10.6. The molecule has 1 heterocycles. The van der Waals surface area contributed by atoms with E-state index < -0.39 is 36.9 Å². The van der Waals surface area contributed by atoms with Gasteiger partial charge in [0.1, 0.15) is 0 Å². The molecule has 1 aliphatic heterocycles. The first-order valence-corrected chi connectivity index (χ1v) is 13.4. The first kappa shape index (κ1) is 30.6. The number of urea groups is 1. The molecule has 0 radical (unpaired) electrons. The van der Waals surface area contributed by atoms with E-state index in [4.69, 9.17) is 16.3 Å². The minimum atomic E-state index is -4.41. The summed E-state index contributed by atoms with van der Waals surface area (Å²) in [6.45, 7) is 6.07. The van der Waals surface area contributed by atoms with Crippen molar-refractivity contribution in [1.82, 2.24) is 0 Å². The van der Waals surface area contributed by atoms with Gasteiger partial charge in [-0.1, -0.05) is 31.5 Å². The maximum atomic E-state index is 13.0. The summed E-state index contributed by atoms with van der Waals surface area (Å²) in [5, 5.41) is 15.5. The van der Waals surface area contributed by atoms with Crippen LogP contribution in [0.1, 0.15) is 57.4 Å². The van der Waals surface area contributed by atoms with Gasteiger partial charge >= 0.3 is 18.2 Å². The number of ether oxygens (including phenoxy) is 1. The minimum absolute atomic E-state index is 0.145. The maximum absolute atomic E-state index is 13.0. The Bertz CT molecular complexity index is 1110.